The van der Waals surface area contributed by atoms with Crippen molar-refractivity contribution in [3.63, 3.8) is 0 Å². The predicted octanol–water partition coefficient (Wildman–Crippen LogP) is 0.858. The molecular weight excluding hydrogens is 394 g/mol. The van der Waals surface area contributed by atoms with Crippen molar-refractivity contribution < 1.29 is 18.0 Å². The number of anilines is 1. The summed E-state index contributed by atoms with van der Waals surface area (Å²) in [4.78, 5) is 30.8. The molecule has 2 aromatic rings. The predicted molar refractivity (Wildman–Crippen MR) is 106 cm³/mol. The third-order valence-electron chi connectivity index (χ3n) is 5.42. The van der Waals surface area contributed by atoms with Crippen LogP contribution < -0.4 is 5.32 Å². The summed E-state index contributed by atoms with van der Waals surface area (Å²) in [5.74, 6) is -0.177. The first-order valence-corrected chi connectivity index (χ1v) is 11.3. The second-order valence-corrected chi connectivity index (χ2v) is 9.97. The van der Waals surface area contributed by atoms with Crippen molar-refractivity contribution >= 4 is 27.3 Å². The van der Waals surface area contributed by atoms with Crippen LogP contribution in [0.3, 0.4) is 0 Å². The number of carbonyl (C=O) groups excluding carboxylic acids is 2. The minimum atomic E-state index is -3.08. The third-order valence-corrected chi connectivity index (χ3v) is 7.17. The fraction of sp³-hybridized carbons (Fsp3) is 0.474. The number of carbonyl (C=O) groups is 2. The van der Waals surface area contributed by atoms with Crippen molar-refractivity contribution in [1.29, 1.82) is 0 Å². The Balaban J connectivity index is 1.39. The molecule has 29 heavy (non-hydrogen) atoms. The van der Waals surface area contributed by atoms with Gasteiger partial charge in [-0.05, 0) is 38.5 Å². The Morgan fingerprint density at radius 1 is 1.28 bits per heavy atom. The van der Waals surface area contributed by atoms with Gasteiger partial charge in [-0.15, -0.1) is 0 Å². The summed E-state index contributed by atoms with van der Waals surface area (Å²) >= 11 is 0. The summed E-state index contributed by atoms with van der Waals surface area (Å²) in [6.45, 7) is 4.10. The highest BCUT2D eigenvalue weighted by atomic mass is 32.2. The molecule has 1 N–H and O–H groups in total. The second-order valence-electron chi connectivity index (χ2n) is 7.74. The number of pyridine rings is 1. The highest BCUT2D eigenvalue weighted by molar-refractivity contribution is 7.91. The van der Waals surface area contributed by atoms with Gasteiger partial charge in [0.25, 0.3) is 0 Å². The molecule has 2 atom stereocenters. The van der Waals surface area contributed by atoms with Gasteiger partial charge in [0.2, 0.25) is 11.8 Å². The van der Waals surface area contributed by atoms with Crippen LogP contribution >= 0.6 is 0 Å². The van der Waals surface area contributed by atoms with Gasteiger partial charge in [-0.2, -0.15) is 5.10 Å². The van der Waals surface area contributed by atoms with Crippen molar-refractivity contribution in [3.05, 3.63) is 35.8 Å². The maximum atomic E-state index is 12.6. The van der Waals surface area contributed by atoms with Gasteiger partial charge >= 0.3 is 0 Å². The molecule has 4 rings (SSSR count). The molecule has 154 valence electrons. The van der Waals surface area contributed by atoms with Gasteiger partial charge in [-0.3, -0.25) is 9.59 Å². The summed E-state index contributed by atoms with van der Waals surface area (Å²) in [5.41, 5.74) is 2.40. The minimum absolute atomic E-state index is 0.00915. The molecule has 0 spiro atoms. The van der Waals surface area contributed by atoms with Crippen LogP contribution in [0.5, 0.6) is 0 Å². The average molecular weight is 417 g/mol. The number of aryl methyl sites for hydroxylation is 2. The standard InChI is InChI=1S/C19H23N5O4S/c1-12-7-13(2)24(22-12)17-4-3-15(9-20-17)21-19(26)14-8-18(25)23(10-14)16-5-6-29(27,28)11-16/h3-4,7,9,14,16H,5-6,8,10-11H2,1-2H3,(H,21,26)/t14-,16-/m1/s1. The van der Waals surface area contributed by atoms with E-state index in [2.05, 4.69) is 15.4 Å². The molecule has 2 aliphatic rings. The number of nitrogens with zero attached hydrogens (tertiary/aromatic N) is 4. The van der Waals surface area contributed by atoms with Crippen molar-refractivity contribution in [1.82, 2.24) is 19.7 Å². The zero-order valence-electron chi connectivity index (χ0n) is 16.3. The van der Waals surface area contributed by atoms with Crippen LogP contribution in [0, 0.1) is 19.8 Å². The first-order valence-electron chi connectivity index (χ1n) is 9.52. The van der Waals surface area contributed by atoms with Crippen LogP contribution in [0.25, 0.3) is 5.82 Å². The highest BCUT2D eigenvalue weighted by Crippen LogP contribution is 2.27. The van der Waals surface area contributed by atoms with E-state index in [4.69, 9.17) is 0 Å². The lowest BCUT2D eigenvalue weighted by atomic mass is 10.1. The van der Waals surface area contributed by atoms with E-state index in [0.717, 1.165) is 11.4 Å². The molecule has 2 aliphatic heterocycles. The van der Waals surface area contributed by atoms with E-state index in [1.165, 1.54) is 0 Å². The Labute approximate surface area is 169 Å². The molecule has 2 fully saturated rings. The van der Waals surface area contributed by atoms with Crippen LogP contribution in [0.1, 0.15) is 24.2 Å². The number of nitrogens with one attached hydrogen (secondary N) is 1. The number of hydrogen-bond acceptors (Lipinski definition) is 6. The first-order chi connectivity index (χ1) is 13.7. The molecule has 0 saturated carbocycles. The summed E-state index contributed by atoms with van der Waals surface area (Å²) in [6, 6.07) is 5.15. The SMILES string of the molecule is Cc1cc(C)n(-c2ccc(NC(=O)[C@@H]3CC(=O)N([C@@H]4CCS(=O)(=O)C4)C3)cn2)n1. The van der Waals surface area contributed by atoms with Crippen LogP contribution in [0.15, 0.2) is 24.4 Å². The zero-order valence-corrected chi connectivity index (χ0v) is 17.1. The lowest BCUT2D eigenvalue weighted by molar-refractivity contribution is -0.129. The van der Waals surface area contributed by atoms with Crippen LogP contribution in [0.2, 0.25) is 0 Å². The van der Waals surface area contributed by atoms with Gasteiger partial charge in [-0.25, -0.2) is 18.1 Å². The van der Waals surface area contributed by atoms with Gasteiger partial charge in [0.15, 0.2) is 15.7 Å². The van der Waals surface area contributed by atoms with Crippen molar-refractivity contribution in [3.8, 4) is 5.82 Å². The maximum absolute atomic E-state index is 12.6. The quantitative estimate of drug-likeness (QED) is 0.789. The number of likely N-dealkylation sites (tertiary alicyclic amines) is 1. The molecule has 4 heterocycles. The normalized spacial score (nSPS) is 23.5. The lowest BCUT2D eigenvalue weighted by Gasteiger charge is -2.22. The van der Waals surface area contributed by atoms with Gasteiger partial charge in [0.05, 0.1) is 35.0 Å². The number of hydrogen-bond donors (Lipinski definition) is 1. The summed E-state index contributed by atoms with van der Waals surface area (Å²) < 4.78 is 25.1. The fourth-order valence-electron chi connectivity index (χ4n) is 3.97. The molecule has 0 bridgehead atoms. The maximum Gasteiger partial charge on any atom is 0.229 e. The molecule has 9 nitrogen and oxygen atoms in total. The van der Waals surface area contributed by atoms with Crippen molar-refractivity contribution in [2.75, 3.05) is 23.4 Å². The molecule has 2 saturated heterocycles. The van der Waals surface area contributed by atoms with Crippen LogP contribution in [-0.2, 0) is 19.4 Å². The summed E-state index contributed by atoms with van der Waals surface area (Å²) in [7, 11) is -3.08. The van der Waals surface area contributed by atoms with Gasteiger partial charge < -0.3 is 10.2 Å². The third kappa shape index (κ3) is 4.02. The number of rotatable bonds is 4. The largest absolute Gasteiger partial charge is 0.338 e. The Hall–Kier alpha value is -2.75. The van der Waals surface area contributed by atoms with Gasteiger partial charge in [0.1, 0.15) is 0 Å². The minimum Gasteiger partial charge on any atom is -0.338 e. The fourth-order valence-corrected chi connectivity index (χ4v) is 5.70. The van der Waals surface area contributed by atoms with Gasteiger partial charge in [-0.1, -0.05) is 0 Å². The number of sulfone groups is 1. The van der Waals surface area contributed by atoms with E-state index >= 15 is 0 Å². The highest BCUT2D eigenvalue weighted by Gasteiger charge is 2.41. The molecule has 0 aromatic carbocycles. The Morgan fingerprint density at radius 2 is 2.07 bits per heavy atom. The Morgan fingerprint density at radius 3 is 2.66 bits per heavy atom. The second kappa shape index (κ2) is 7.25. The molecule has 0 aliphatic carbocycles. The average Bonchev–Trinajstić information content (AvgIpc) is 3.32. The number of amides is 2. The topological polar surface area (TPSA) is 114 Å². The first kappa shape index (κ1) is 19.6. The van der Waals surface area contributed by atoms with Gasteiger partial charge in [0, 0.05) is 24.7 Å². The summed E-state index contributed by atoms with van der Waals surface area (Å²) in [5, 5.41) is 7.18. The van der Waals surface area contributed by atoms with E-state index < -0.39 is 15.8 Å². The van der Waals surface area contributed by atoms with E-state index in [1.54, 1.807) is 27.9 Å². The monoisotopic (exact) mass is 417 g/mol. The van der Waals surface area contributed by atoms with Crippen molar-refractivity contribution in [2.24, 2.45) is 5.92 Å². The molecule has 0 unspecified atom stereocenters. The van der Waals surface area contributed by atoms with Crippen LogP contribution in [-0.4, -0.2) is 64.0 Å². The zero-order chi connectivity index (χ0) is 20.8. The van der Waals surface area contributed by atoms with E-state index in [9.17, 15) is 18.0 Å². The smallest absolute Gasteiger partial charge is 0.229 e. The lowest BCUT2D eigenvalue weighted by Crippen LogP contribution is -2.38. The Kier molecular flexibility index (Phi) is 4.89. The van der Waals surface area contributed by atoms with Crippen molar-refractivity contribution in [2.45, 2.75) is 32.7 Å². The molecule has 2 amide bonds. The molecule has 2 aromatic heterocycles. The Bertz CT molecular complexity index is 1060. The number of aromatic nitrogens is 3. The molecule has 10 heteroatoms. The van der Waals surface area contributed by atoms with E-state index in [1.807, 2.05) is 19.9 Å². The van der Waals surface area contributed by atoms with E-state index in [-0.39, 0.29) is 42.3 Å². The van der Waals surface area contributed by atoms with E-state index in [0.29, 0.717) is 17.9 Å². The van der Waals surface area contributed by atoms with Crippen LogP contribution in [0.4, 0.5) is 5.69 Å². The summed E-state index contributed by atoms with van der Waals surface area (Å²) in [6.07, 6.45) is 2.10. The molecular formula is C19H23N5O4S. The molecule has 0 radical (unpaired) electrons.